The van der Waals surface area contributed by atoms with Crippen molar-refractivity contribution in [3.8, 4) is 0 Å². The van der Waals surface area contributed by atoms with E-state index in [9.17, 15) is 5.11 Å². The molecular weight excluding hydrogens is 313 g/mol. The molecule has 0 aliphatic heterocycles. The maximum atomic E-state index is 10.3. The third-order valence-corrected chi connectivity index (χ3v) is 3.21. The molecule has 0 aliphatic rings. The van der Waals surface area contributed by atoms with Crippen LogP contribution in [0.4, 0.5) is 0 Å². The minimum absolute atomic E-state index is 0.589. The Labute approximate surface area is 112 Å². The highest BCUT2D eigenvalue weighted by Crippen LogP contribution is 2.20. The maximum Gasteiger partial charge on any atom is 0.0992 e. The van der Waals surface area contributed by atoms with Crippen molar-refractivity contribution in [1.82, 2.24) is 5.32 Å². The van der Waals surface area contributed by atoms with Crippen molar-refractivity contribution >= 4 is 22.6 Å². The zero-order chi connectivity index (χ0) is 12.2. The molecule has 0 radical (unpaired) electrons. The van der Waals surface area contributed by atoms with Gasteiger partial charge >= 0.3 is 0 Å². The van der Waals surface area contributed by atoms with Crippen molar-refractivity contribution in [3.05, 3.63) is 33.4 Å². The van der Waals surface area contributed by atoms with Gasteiger partial charge in [0.15, 0.2) is 0 Å². The second kappa shape index (κ2) is 5.98. The fourth-order valence-electron chi connectivity index (χ4n) is 1.52. The van der Waals surface area contributed by atoms with Crippen LogP contribution in [0.25, 0.3) is 0 Å². The van der Waals surface area contributed by atoms with E-state index in [4.69, 9.17) is 0 Å². The van der Waals surface area contributed by atoms with Gasteiger partial charge in [-0.3, -0.25) is 0 Å². The fraction of sp³-hybridized carbons (Fsp3) is 0.538. The van der Waals surface area contributed by atoms with Crippen LogP contribution >= 0.6 is 22.6 Å². The molecule has 3 heteroatoms. The highest BCUT2D eigenvalue weighted by molar-refractivity contribution is 14.1. The molecule has 1 aromatic rings. The Hall–Kier alpha value is -0.130. The molecule has 2 nitrogen and oxygen atoms in total. The number of hydrogen-bond donors (Lipinski definition) is 2. The van der Waals surface area contributed by atoms with Gasteiger partial charge in [0, 0.05) is 10.1 Å². The molecule has 1 rings (SSSR count). The van der Waals surface area contributed by atoms with Crippen LogP contribution in [-0.2, 0) is 5.60 Å². The summed E-state index contributed by atoms with van der Waals surface area (Å²) in [6, 6.07) is 8.01. The van der Waals surface area contributed by atoms with Gasteiger partial charge in [0.1, 0.15) is 0 Å². The molecule has 0 bridgehead atoms. The van der Waals surface area contributed by atoms with Crippen LogP contribution < -0.4 is 5.32 Å². The van der Waals surface area contributed by atoms with E-state index in [-0.39, 0.29) is 0 Å². The zero-order valence-electron chi connectivity index (χ0n) is 10.1. The van der Waals surface area contributed by atoms with Crippen LogP contribution in [0.15, 0.2) is 24.3 Å². The lowest BCUT2D eigenvalue weighted by Gasteiger charge is -2.25. The molecule has 0 fully saturated rings. The molecule has 0 aromatic heterocycles. The van der Waals surface area contributed by atoms with E-state index in [0.717, 1.165) is 12.1 Å². The molecule has 0 aliphatic carbocycles. The van der Waals surface area contributed by atoms with Gasteiger partial charge in [0.2, 0.25) is 0 Å². The van der Waals surface area contributed by atoms with E-state index < -0.39 is 5.60 Å². The van der Waals surface area contributed by atoms with Crippen LogP contribution in [0.2, 0.25) is 0 Å². The van der Waals surface area contributed by atoms with E-state index in [1.807, 2.05) is 31.2 Å². The molecule has 0 amide bonds. The fourth-order valence-corrected chi connectivity index (χ4v) is 1.87. The first-order valence-electron chi connectivity index (χ1n) is 5.61. The Balaban J connectivity index is 2.59. The average molecular weight is 333 g/mol. The molecule has 0 spiro atoms. The van der Waals surface area contributed by atoms with E-state index in [1.54, 1.807) is 0 Å². The number of aliphatic hydroxyl groups is 1. The first-order valence-corrected chi connectivity index (χ1v) is 6.69. The van der Waals surface area contributed by atoms with E-state index in [0.29, 0.717) is 12.5 Å². The highest BCUT2D eigenvalue weighted by Gasteiger charge is 2.22. The SMILES string of the molecule is CC(C)CNCC(C)(O)c1ccc(I)cc1. The first kappa shape index (κ1) is 13.9. The van der Waals surface area contributed by atoms with Crippen LogP contribution in [0.5, 0.6) is 0 Å². The second-order valence-electron chi connectivity index (χ2n) is 4.81. The number of benzene rings is 1. The summed E-state index contributed by atoms with van der Waals surface area (Å²) < 4.78 is 1.19. The first-order chi connectivity index (χ1) is 7.42. The summed E-state index contributed by atoms with van der Waals surface area (Å²) in [6.45, 7) is 7.69. The van der Waals surface area contributed by atoms with Gasteiger partial charge in [-0.25, -0.2) is 0 Å². The van der Waals surface area contributed by atoms with Gasteiger partial charge in [-0.15, -0.1) is 0 Å². The minimum atomic E-state index is -0.792. The maximum absolute atomic E-state index is 10.3. The van der Waals surface area contributed by atoms with Crippen molar-refractivity contribution in [2.45, 2.75) is 26.4 Å². The van der Waals surface area contributed by atoms with Crippen molar-refractivity contribution in [2.75, 3.05) is 13.1 Å². The van der Waals surface area contributed by atoms with Gasteiger partial charge in [0.25, 0.3) is 0 Å². The number of nitrogens with one attached hydrogen (secondary N) is 1. The summed E-state index contributed by atoms with van der Waals surface area (Å²) in [5.74, 6) is 0.604. The largest absolute Gasteiger partial charge is 0.384 e. The molecule has 0 saturated carbocycles. The Kier molecular flexibility index (Phi) is 5.21. The lowest BCUT2D eigenvalue weighted by atomic mass is 9.96. The quantitative estimate of drug-likeness (QED) is 0.812. The lowest BCUT2D eigenvalue weighted by Crippen LogP contribution is -2.36. The molecule has 0 heterocycles. The molecular formula is C13H20INO. The smallest absolute Gasteiger partial charge is 0.0992 e. The van der Waals surface area contributed by atoms with Gasteiger partial charge in [0.05, 0.1) is 5.60 Å². The van der Waals surface area contributed by atoms with Crippen LogP contribution in [0, 0.1) is 9.49 Å². The molecule has 16 heavy (non-hydrogen) atoms. The summed E-state index contributed by atoms with van der Waals surface area (Å²) in [5, 5.41) is 13.6. The zero-order valence-corrected chi connectivity index (χ0v) is 12.3. The normalized spacial score (nSPS) is 15.1. The Bertz CT molecular complexity index is 319. The van der Waals surface area contributed by atoms with E-state index >= 15 is 0 Å². The summed E-state index contributed by atoms with van der Waals surface area (Å²) >= 11 is 2.26. The van der Waals surface area contributed by atoms with Crippen molar-refractivity contribution in [1.29, 1.82) is 0 Å². The third-order valence-electron chi connectivity index (χ3n) is 2.49. The average Bonchev–Trinajstić information content (AvgIpc) is 2.17. The molecule has 1 unspecified atom stereocenters. The lowest BCUT2D eigenvalue weighted by molar-refractivity contribution is 0.0564. The molecule has 0 saturated heterocycles. The number of hydrogen-bond acceptors (Lipinski definition) is 2. The topological polar surface area (TPSA) is 32.3 Å². The molecule has 1 atom stereocenters. The van der Waals surface area contributed by atoms with Gasteiger partial charge in [-0.2, -0.15) is 0 Å². The predicted molar refractivity (Wildman–Crippen MR) is 76.4 cm³/mol. The van der Waals surface area contributed by atoms with Crippen molar-refractivity contribution < 1.29 is 5.11 Å². The van der Waals surface area contributed by atoms with Crippen LogP contribution in [0.1, 0.15) is 26.3 Å². The third kappa shape index (κ3) is 4.39. The Morgan fingerprint density at radius 3 is 2.38 bits per heavy atom. The van der Waals surface area contributed by atoms with E-state index in [2.05, 4.69) is 41.8 Å². The summed E-state index contributed by atoms with van der Waals surface area (Å²) in [7, 11) is 0. The van der Waals surface area contributed by atoms with Crippen LogP contribution in [-0.4, -0.2) is 18.2 Å². The Morgan fingerprint density at radius 1 is 1.31 bits per heavy atom. The van der Waals surface area contributed by atoms with Gasteiger partial charge in [-0.05, 0) is 59.7 Å². The molecule has 2 N–H and O–H groups in total. The van der Waals surface area contributed by atoms with Crippen LogP contribution in [0.3, 0.4) is 0 Å². The van der Waals surface area contributed by atoms with Gasteiger partial charge in [-0.1, -0.05) is 26.0 Å². The van der Waals surface area contributed by atoms with Crippen molar-refractivity contribution in [2.24, 2.45) is 5.92 Å². The standard InChI is InChI=1S/C13H20INO/c1-10(2)8-15-9-13(3,16)11-4-6-12(14)7-5-11/h4-7,10,15-16H,8-9H2,1-3H3. The monoisotopic (exact) mass is 333 g/mol. The Morgan fingerprint density at radius 2 is 1.88 bits per heavy atom. The number of rotatable bonds is 5. The number of halogens is 1. The summed E-state index contributed by atoms with van der Waals surface area (Å²) in [6.07, 6.45) is 0. The van der Waals surface area contributed by atoms with Gasteiger partial charge < -0.3 is 10.4 Å². The van der Waals surface area contributed by atoms with E-state index in [1.165, 1.54) is 3.57 Å². The predicted octanol–water partition coefficient (Wildman–Crippen LogP) is 2.74. The van der Waals surface area contributed by atoms with Crippen molar-refractivity contribution in [3.63, 3.8) is 0 Å². The minimum Gasteiger partial charge on any atom is -0.384 e. The second-order valence-corrected chi connectivity index (χ2v) is 6.05. The summed E-state index contributed by atoms with van der Waals surface area (Å²) in [5.41, 5.74) is 0.170. The molecule has 90 valence electrons. The highest BCUT2D eigenvalue weighted by atomic mass is 127. The molecule has 1 aromatic carbocycles. The summed E-state index contributed by atoms with van der Waals surface area (Å²) in [4.78, 5) is 0.